The van der Waals surface area contributed by atoms with E-state index in [9.17, 15) is 9.90 Å². The molecule has 0 radical (unpaired) electrons. The van der Waals surface area contributed by atoms with E-state index in [1.807, 2.05) is 80.6 Å². The van der Waals surface area contributed by atoms with Gasteiger partial charge < -0.3 is 56.3 Å². The molecular formula is C80H136O14Si4. The molecule has 15 atom stereocenters. The predicted molar refractivity (Wildman–Crippen MR) is 411 cm³/mol. The van der Waals surface area contributed by atoms with Gasteiger partial charge in [0.05, 0.1) is 65.0 Å². The van der Waals surface area contributed by atoms with Crippen LogP contribution in [0.4, 0.5) is 0 Å². The van der Waals surface area contributed by atoms with E-state index in [2.05, 4.69) is 186 Å². The number of carbonyl (C=O) groups excluding carboxylic acids is 2. The number of hydrogen-bond donors (Lipinski definition) is 1. The summed E-state index contributed by atoms with van der Waals surface area (Å²) >= 11 is 0. The van der Waals surface area contributed by atoms with Gasteiger partial charge in [0.25, 0.3) is 0 Å². The normalized spacial score (nSPS) is 20.3. The highest BCUT2D eigenvalue weighted by Crippen LogP contribution is 2.46. The van der Waals surface area contributed by atoms with Crippen molar-refractivity contribution in [2.75, 3.05) is 34.9 Å². The molecular weight excluding hydrogens is 1300 g/mol. The number of ether oxygens (including phenoxy) is 8. The van der Waals surface area contributed by atoms with Crippen molar-refractivity contribution in [3.8, 4) is 5.75 Å². The van der Waals surface area contributed by atoms with Crippen LogP contribution in [0.1, 0.15) is 167 Å². The summed E-state index contributed by atoms with van der Waals surface area (Å²) in [4.78, 5) is 28.9. The van der Waals surface area contributed by atoms with E-state index in [0.717, 1.165) is 36.1 Å². The van der Waals surface area contributed by atoms with Crippen molar-refractivity contribution in [2.45, 2.75) is 297 Å². The summed E-state index contributed by atoms with van der Waals surface area (Å²) in [6, 6.07) is 28.6. The molecule has 0 aliphatic carbocycles. The van der Waals surface area contributed by atoms with Gasteiger partial charge in [0.15, 0.2) is 36.8 Å². The van der Waals surface area contributed by atoms with Crippen molar-refractivity contribution in [2.24, 2.45) is 29.6 Å². The SMILES string of the molecule is CCC[C@@H](O[Si](C)(C)C(C)(C)C)[C@@H](C)[C@@H](O[Si](C)(C)C(C)(C)C)[C@@H](/C=C/[C@H](O[Si](C)(C)C(C)(C)C)[C@@H](C)[C@H](C/C=C(\C)C(=O)C(C)C(O)C[C@H]([C@@H](C)[C@@H](C[C@@H]1C[C@H](OCOC)[C@@H](OCOC)C(=O)O1)OCc1ccccc1)[Si](C)(C)c1ccccc1)OCc1ccc(OC)cc1)CC. The van der Waals surface area contributed by atoms with Crippen LogP contribution >= 0.6 is 0 Å². The molecule has 3 aromatic rings. The van der Waals surface area contributed by atoms with Gasteiger partial charge in [-0.1, -0.05) is 220 Å². The summed E-state index contributed by atoms with van der Waals surface area (Å²) < 4.78 is 70.9. The molecule has 0 amide bonds. The number of cyclic esters (lactones) is 1. The maximum Gasteiger partial charge on any atom is 0.338 e. The van der Waals surface area contributed by atoms with Crippen molar-refractivity contribution in [3.05, 3.63) is 120 Å². The van der Waals surface area contributed by atoms with Gasteiger partial charge >= 0.3 is 5.97 Å². The first-order chi connectivity index (χ1) is 45.6. The largest absolute Gasteiger partial charge is 0.497 e. The van der Waals surface area contributed by atoms with Gasteiger partial charge in [0.1, 0.15) is 31.5 Å². The minimum absolute atomic E-state index is 0.00952. The van der Waals surface area contributed by atoms with Crippen molar-refractivity contribution < 1.29 is 65.9 Å². The van der Waals surface area contributed by atoms with Gasteiger partial charge in [-0.25, -0.2) is 4.79 Å². The number of esters is 1. The van der Waals surface area contributed by atoms with Crippen LogP contribution in [0.25, 0.3) is 0 Å². The lowest BCUT2D eigenvalue weighted by atomic mass is 9.84. The van der Waals surface area contributed by atoms with E-state index in [1.54, 1.807) is 7.11 Å². The van der Waals surface area contributed by atoms with Gasteiger partial charge in [-0.05, 0) is 127 Å². The quantitative estimate of drug-likeness (QED) is 0.0188. The average molecular weight is 1430 g/mol. The molecule has 2 unspecified atom stereocenters. The molecule has 18 heteroatoms. The summed E-state index contributed by atoms with van der Waals surface area (Å²) in [6.45, 7) is 55.3. The number of rotatable bonds is 42. The third-order valence-corrected chi connectivity index (χ3v) is 40.6. The molecule has 4 rings (SSSR count). The van der Waals surface area contributed by atoms with Gasteiger partial charge in [-0.15, -0.1) is 0 Å². The van der Waals surface area contributed by atoms with Gasteiger partial charge in [-0.2, -0.15) is 0 Å². The fourth-order valence-corrected chi connectivity index (χ4v) is 20.7. The van der Waals surface area contributed by atoms with E-state index >= 15 is 4.79 Å². The van der Waals surface area contributed by atoms with E-state index in [-0.39, 0.29) is 82.0 Å². The molecule has 1 fully saturated rings. The van der Waals surface area contributed by atoms with E-state index in [1.165, 1.54) is 19.4 Å². The molecule has 0 spiro atoms. The minimum Gasteiger partial charge on any atom is -0.497 e. The molecule has 14 nitrogen and oxygen atoms in total. The predicted octanol–water partition coefficient (Wildman–Crippen LogP) is 18.6. The zero-order chi connectivity index (χ0) is 73.8. The van der Waals surface area contributed by atoms with Crippen LogP contribution < -0.4 is 9.92 Å². The van der Waals surface area contributed by atoms with Crippen molar-refractivity contribution in [3.63, 3.8) is 0 Å². The average Bonchev–Trinajstić information content (AvgIpc) is 0.799. The lowest BCUT2D eigenvalue weighted by Crippen LogP contribution is -2.53. The standard InChI is InChI=1S/C80H136O14Si4/c1-28-36-69(92-96(22,23)78(8,9)10)60(7)75(94-98(26,27)80(14,15)16)63(29-2)44-48-70(93-97(24,25)79(11,12)13)58(5)68(87-53-62-42-45-64(86-19)46-43-62)47-41-56(3)74(82)57(4)67(81)51-73(95(20,21)66-39-34-31-35-40-66)59(6)71(88-52-61-37-32-30-33-38-61)49-65-50-72(89-54-84-17)76(77(83)91-65)90-55-85-18/h30-35,37-46,48,57-60,63,65,67-73,75-76,81H,28-29,36,47,49-55H2,1-27H3/b48-44+,56-41+/t57?,58-,59-,60+,63+,65+,67?,68-,69+,70-,71+,72-,73+,75+,76+/m0/s1. The summed E-state index contributed by atoms with van der Waals surface area (Å²) in [5, 5.41) is 13.9. The molecule has 1 N–H and O–H groups in total. The molecule has 0 aromatic heterocycles. The van der Waals surface area contributed by atoms with E-state index in [4.69, 9.17) is 51.2 Å². The third kappa shape index (κ3) is 25.2. The van der Waals surface area contributed by atoms with Crippen molar-refractivity contribution in [1.82, 2.24) is 0 Å². The molecule has 1 aliphatic heterocycles. The fourth-order valence-electron chi connectivity index (χ4n) is 12.7. The Bertz CT molecular complexity index is 2860. The van der Waals surface area contributed by atoms with Crippen molar-refractivity contribution >= 4 is 50.0 Å². The van der Waals surface area contributed by atoms with Crippen LogP contribution in [0.3, 0.4) is 0 Å². The van der Waals surface area contributed by atoms with Crippen LogP contribution in [-0.2, 0) is 69.2 Å². The lowest BCUT2D eigenvalue weighted by molar-refractivity contribution is -0.216. The number of methoxy groups -OCH3 is 3. The number of benzene rings is 3. The number of Topliss-reactive ketones (excluding diaryl/α,β-unsaturated/α-hetero) is 1. The van der Waals surface area contributed by atoms with E-state index < -0.39 is 81.5 Å². The van der Waals surface area contributed by atoms with E-state index in [0.29, 0.717) is 44.5 Å². The first-order valence-corrected chi connectivity index (χ1v) is 48.4. The number of hydrogen-bond acceptors (Lipinski definition) is 14. The number of aliphatic hydroxyl groups excluding tert-OH is 1. The highest BCUT2D eigenvalue weighted by atomic mass is 28.4. The second kappa shape index (κ2) is 38.9. The van der Waals surface area contributed by atoms with Crippen LogP contribution in [-0.4, -0.2) is 140 Å². The number of ketones is 1. The van der Waals surface area contributed by atoms with Crippen LogP contribution in [0, 0.1) is 29.6 Å². The summed E-state index contributed by atoms with van der Waals surface area (Å²) in [5.74, 6) is -0.833. The monoisotopic (exact) mass is 1430 g/mol. The molecule has 556 valence electrons. The molecule has 1 heterocycles. The second-order valence-corrected chi connectivity index (χ2v) is 52.4. The van der Waals surface area contributed by atoms with Crippen LogP contribution in [0.5, 0.6) is 5.75 Å². The molecule has 0 saturated carbocycles. The highest BCUT2D eigenvalue weighted by molar-refractivity contribution is 6.91. The number of carbonyl (C=O) groups is 2. The minimum atomic E-state index is -2.54. The molecule has 1 saturated heterocycles. The molecule has 3 aromatic carbocycles. The molecule has 0 bridgehead atoms. The number of allylic oxidation sites excluding steroid dienone is 1. The Morgan fingerprint density at radius 2 is 1.16 bits per heavy atom. The maximum absolute atomic E-state index is 15.2. The highest BCUT2D eigenvalue weighted by Gasteiger charge is 2.49. The second-order valence-electron chi connectivity index (χ2n) is 33.4. The summed E-state index contributed by atoms with van der Waals surface area (Å²) in [7, 11) is -4.75. The van der Waals surface area contributed by atoms with Gasteiger partial charge in [0, 0.05) is 50.7 Å². The van der Waals surface area contributed by atoms with Crippen molar-refractivity contribution in [1.29, 1.82) is 0 Å². The fraction of sp³-hybridized carbons (Fsp3) is 0.700. The maximum atomic E-state index is 15.2. The molecule has 1 aliphatic rings. The Morgan fingerprint density at radius 1 is 0.643 bits per heavy atom. The Kier molecular flexibility index (Phi) is 34.5. The number of aliphatic hydroxyl groups is 1. The first kappa shape index (κ1) is 87.0. The van der Waals surface area contributed by atoms with Gasteiger partial charge in [0.2, 0.25) is 0 Å². The van der Waals surface area contributed by atoms with Gasteiger partial charge in [-0.3, -0.25) is 4.79 Å². The Morgan fingerprint density at radius 3 is 1.69 bits per heavy atom. The zero-order valence-corrected chi connectivity index (χ0v) is 70.0. The topological polar surface area (TPSA) is 156 Å². The smallest absolute Gasteiger partial charge is 0.338 e. The Labute approximate surface area is 599 Å². The van der Waals surface area contributed by atoms with Crippen LogP contribution in [0.2, 0.25) is 73.0 Å². The Balaban J connectivity index is 1.82. The zero-order valence-electron chi connectivity index (χ0n) is 66.0. The third-order valence-electron chi connectivity index (χ3n) is 22.7. The summed E-state index contributed by atoms with van der Waals surface area (Å²) in [6.07, 6.45) is 6.60. The molecule has 98 heavy (non-hydrogen) atoms. The van der Waals surface area contributed by atoms with Crippen LogP contribution in [0.15, 0.2) is 109 Å². The lowest BCUT2D eigenvalue weighted by Gasteiger charge is -2.47. The Hall–Kier alpha value is -3.45. The summed E-state index contributed by atoms with van der Waals surface area (Å²) in [5.41, 5.74) is 2.46. The first-order valence-electron chi connectivity index (χ1n) is 36.6.